The predicted octanol–water partition coefficient (Wildman–Crippen LogP) is 3.96. The van der Waals surface area contributed by atoms with E-state index >= 15 is 0 Å². The zero-order valence-electron chi connectivity index (χ0n) is 16.9. The number of ether oxygens (including phenoxy) is 1. The van der Waals surface area contributed by atoms with E-state index in [2.05, 4.69) is 5.32 Å². The summed E-state index contributed by atoms with van der Waals surface area (Å²) in [5, 5.41) is 2.97. The topological polar surface area (TPSA) is 64.3 Å². The highest BCUT2D eigenvalue weighted by molar-refractivity contribution is 5.81. The molecule has 4 nitrogen and oxygen atoms in total. The molecule has 2 rings (SSSR count). The molecule has 27 heavy (non-hydrogen) atoms. The second kappa shape index (κ2) is 10.8. The summed E-state index contributed by atoms with van der Waals surface area (Å²) in [6.07, 6.45) is 6.66. The monoisotopic (exact) mass is 378 g/mol. The van der Waals surface area contributed by atoms with Gasteiger partial charge in [-0.15, -0.1) is 0 Å². The van der Waals surface area contributed by atoms with Crippen LogP contribution >= 0.6 is 0 Å². The Kier molecular flexibility index (Phi) is 8.71. The van der Waals surface area contributed by atoms with Gasteiger partial charge in [0.1, 0.15) is 5.82 Å². The molecule has 1 amide bonds. The predicted molar refractivity (Wildman–Crippen MR) is 107 cm³/mol. The van der Waals surface area contributed by atoms with Gasteiger partial charge in [-0.2, -0.15) is 0 Å². The molecule has 0 spiro atoms. The van der Waals surface area contributed by atoms with E-state index in [4.69, 9.17) is 10.5 Å². The highest BCUT2D eigenvalue weighted by atomic mass is 19.1. The standard InChI is InChI=1S/C22H35FN2O2/c1-15(2)27-21(20(24)14-17-9-5-4-6-10-17)22(26)25-16(3)13-18-11-7-8-12-19(18)23/h7-8,11-12,15-17,20-21H,4-6,9-10,13-14,24H2,1-3H3,(H,25,26)/t16?,20-,21?/m1/s1. The summed E-state index contributed by atoms with van der Waals surface area (Å²) in [5.74, 6) is 0.133. The summed E-state index contributed by atoms with van der Waals surface area (Å²) >= 11 is 0. The van der Waals surface area contributed by atoms with E-state index in [1.165, 1.54) is 38.2 Å². The first kappa shape index (κ1) is 21.8. The van der Waals surface area contributed by atoms with Crippen molar-refractivity contribution in [1.82, 2.24) is 5.32 Å². The lowest BCUT2D eigenvalue weighted by Crippen LogP contribution is -2.52. The average molecular weight is 379 g/mol. The lowest BCUT2D eigenvalue weighted by Gasteiger charge is -2.30. The number of rotatable bonds is 9. The van der Waals surface area contributed by atoms with Crippen molar-refractivity contribution < 1.29 is 13.9 Å². The second-order valence-electron chi connectivity index (χ2n) is 8.21. The molecule has 5 heteroatoms. The number of nitrogens with one attached hydrogen (secondary N) is 1. The third kappa shape index (κ3) is 7.23. The lowest BCUT2D eigenvalue weighted by molar-refractivity contribution is -0.138. The van der Waals surface area contributed by atoms with Crippen LogP contribution in [0.4, 0.5) is 4.39 Å². The molecule has 1 aromatic rings. The molecule has 0 heterocycles. The maximum atomic E-state index is 13.8. The molecule has 0 bridgehead atoms. The van der Waals surface area contributed by atoms with Gasteiger partial charge in [-0.25, -0.2) is 4.39 Å². The quantitative estimate of drug-likeness (QED) is 0.683. The fourth-order valence-corrected chi connectivity index (χ4v) is 3.95. The molecule has 152 valence electrons. The smallest absolute Gasteiger partial charge is 0.250 e. The lowest BCUT2D eigenvalue weighted by atomic mass is 9.84. The van der Waals surface area contributed by atoms with Crippen LogP contribution in [0.1, 0.15) is 64.9 Å². The Labute approximate surface area is 163 Å². The molecular weight excluding hydrogens is 343 g/mol. The van der Waals surface area contributed by atoms with Gasteiger partial charge in [-0.3, -0.25) is 4.79 Å². The van der Waals surface area contributed by atoms with Crippen molar-refractivity contribution in [2.24, 2.45) is 11.7 Å². The molecule has 3 N–H and O–H groups in total. The molecule has 0 radical (unpaired) electrons. The van der Waals surface area contributed by atoms with E-state index < -0.39 is 6.10 Å². The van der Waals surface area contributed by atoms with Crippen LogP contribution in [-0.2, 0) is 16.0 Å². The molecule has 1 aliphatic carbocycles. The van der Waals surface area contributed by atoms with Crippen LogP contribution in [0, 0.1) is 11.7 Å². The maximum Gasteiger partial charge on any atom is 0.250 e. The van der Waals surface area contributed by atoms with Crippen molar-refractivity contribution in [3.63, 3.8) is 0 Å². The van der Waals surface area contributed by atoms with Crippen LogP contribution in [0.2, 0.25) is 0 Å². The van der Waals surface area contributed by atoms with Crippen molar-refractivity contribution in [2.45, 2.75) is 90.0 Å². The second-order valence-corrected chi connectivity index (χ2v) is 8.21. The fourth-order valence-electron chi connectivity index (χ4n) is 3.95. The van der Waals surface area contributed by atoms with E-state index in [1.54, 1.807) is 18.2 Å². The van der Waals surface area contributed by atoms with E-state index in [9.17, 15) is 9.18 Å². The minimum Gasteiger partial charge on any atom is -0.364 e. The summed E-state index contributed by atoms with van der Waals surface area (Å²) in [7, 11) is 0. The number of amides is 1. The Hall–Kier alpha value is -1.46. The zero-order chi connectivity index (χ0) is 19.8. The van der Waals surface area contributed by atoms with E-state index in [0.29, 0.717) is 17.9 Å². The third-order valence-electron chi connectivity index (χ3n) is 5.27. The van der Waals surface area contributed by atoms with Gasteiger partial charge in [0.2, 0.25) is 0 Å². The summed E-state index contributed by atoms with van der Waals surface area (Å²) < 4.78 is 19.7. The number of carbonyl (C=O) groups is 1. The highest BCUT2D eigenvalue weighted by Gasteiger charge is 2.30. The van der Waals surface area contributed by atoms with E-state index in [-0.39, 0.29) is 29.9 Å². The van der Waals surface area contributed by atoms with Crippen LogP contribution in [0.25, 0.3) is 0 Å². The Balaban J connectivity index is 1.95. The molecule has 2 unspecified atom stereocenters. The average Bonchev–Trinajstić information content (AvgIpc) is 2.62. The van der Waals surface area contributed by atoms with Crippen LogP contribution in [0.15, 0.2) is 24.3 Å². The summed E-state index contributed by atoms with van der Waals surface area (Å²) in [5.41, 5.74) is 7.00. The first-order chi connectivity index (χ1) is 12.9. The van der Waals surface area contributed by atoms with Crippen molar-refractivity contribution in [2.75, 3.05) is 0 Å². The van der Waals surface area contributed by atoms with Crippen LogP contribution in [-0.4, -0.2) is 30.2 Å². The molecule has 1 aromatic carbocycles. The minimum absolute atomic E-state index is 0.0833. The van der Waals surface area contributed by atoms with E-state index in [0.717, 1.165) is 6.42 Å². The van der Waals surface area contributed by atoms with Gasteiger partial charge in [0.25, 0.3) is 5.91 Å². The van der Waals surface area contributed by atoms with Crippen molar-refractivity contribution >= 4 is 5.91 Å². The summed E-state index contributed by atoms with van der Waals surface area (Å²) in [6, 6.07) is 6.13. The Morgan fingerprint density at radius 3 is 2.52 bits per heavy atom. The molecule has 1 aliphatic rings. The largest absolute Gasteiger partial charge is 0.364 e. The summed E-state index contributed by atoms with van der Waals surface area (Å²) in [6.45, 7) is 5.70. The normalized spacial score (nSPS) is 18.9. The van der Waals surface area contributed by atoms with Crippen LogP contribution < -0.4 is 11.1 Å². The van der Waals surface area contributed by atoms with Gasteiger partial charge < -0.3 is 15.8 Å². The van der Waals surface area contributed by atoms with Gasteiger partial charge in [-0.05, 0) is 51.2 Å². The Morgan fingerprint density at radius 2 is 1.89 bits per heavy atom. The highest BCUT2D eigenvalue weighted by Crippen LogP contribution is 2.28. The maximum absolute atomic E-state index is 13.8. The molecule has 0 aromatic heterocycles. The molecule has 0 aliphatic heterocycles. The molecule has 0 saturated heterocycles. The third-order valence-corrected chi connectivity index (χ3v) is 5.27. The first-order valence-corrected chi connectivity index (χ1v) is 10.3. The summed E-state index contributed by atoms with van der Waals surface area (Å²) in [4.78, 5) is 12.8. The zero-order valence-corrected chi connectivity index (χ0v) is 16.9. The van der Waals surface area contributed by atoms with Crippen LogP contribution in [0.3, 0.4) is 0 Å². The van der Waals surface area contributed by atoms with E-state index in [1.807, 2.05) is 20.8 Å². The number of benzene rings is 1. The van der Waals surface area contributed by atoms with Gasteiger partial charge in [0, 0.05) is 12.1 Å². The van der Waals surface area contributed by atoms with Crippen molar-refractivity contribution in [1.29, 1.82) is 0 Å². The SMILES string of the molecule is CC(Cc1ccccc1F)NC(=O)C(OC(C)C)[C@H](N)CC1CCCCC1. The number of nitrogens with two attached hydrogens (primary N) is 1. The molecule has 1 saturated carbocycles. The Bertz CT molecular complexity index is 587. The minimum atomic E-state index is -0.671. The first-order valence-electron chi connectivity index (χ1n) is 10.3. The Morgan fingerprint density at radius 1 is 1.22 bits per heavy atom. The van der Waals surface area contributed by atoms with Crippen molar-refractivity contribution in [3.05, 3.63) is 35.6 Å². The van der Waals surface area contributed by atoms with Gasteiger partial charge in [0.15, 0.2) is 6.10 Å². The molecular formula is C22H35FN2O2. The molecule has 1 fully saturated rings. The number of hydrogen-bond acceptors (Lipinski definition) is 3. The van der Waals surface area contributed by atoms with Gasteiger partial charge in [-0.1, -0.05) is 50.3 Å². The van der Waals surface area contributed by atoms with Gasteiger partial charge in [0.05, 0.1) is 6.10 Å². The van der Waals surface area contributed by atoms with Gasteiger partial charge >= 0.3 is 0 Å². The number of halogens is 1. The number of hydrogen-bond donors (Lipinski definition) is 2. The molecule has 3 atom stereocenters. The fraction of sp³-hybridized carbons (Fsp3) is 0.682. The number of carbonyl (C=O) groups excluding carboxylic acids is 1. The van der Waals surface area contributed by atoms with Crippen LogP contribution in [0.5, 0.6) is 0 Å². The van der Waals surface area contributed by atoms with Crippen molar-refractivity contribution in [3.8, 4) is 0 Å².